The number of hydrogen-bond donors (Lipinski definition) is 1. The fourth-order valence-electron chi connectivity index (χ4n) is 5.05. The molecule has 1 N–H and O–H groups in total. The van der Waals surface area contributed by atoms with Crippen molar-refractivity contribution in [3.8, 4) is 0 Å². The predicted octanol–water partition coefficient (Wildman–Crippen LogP) is 2.58. The standard InChI is InChI=1S/C12H20O/c1-11-4-8-3-9(6-11)10(13)12(2,5-8)7-11/h8-10,13H,3-7H2,1-2H3/t8-,9+,10?,11+,12+/m1/s1. The molecule has 0 spiro atoms. The van der Waals surface area contributed by atoms with Crippen molar-refractivity contribution in [3.05, 3.63) is 0 Å². The fraction of sp³-hybridized carbons (Fsp3) is 1.00. The highest BCUT2D eigenvalue weighted by Crippen LogP contribution is 2.64. The minimum absolute atomic E-state index is 0.0112. The van der Waals surface area contributed by atoms with Crippen molar-refractivity contribution >= 4 is 0 Å². The van der Waals surface area contributed by atoms with Crippen molar-refractivity contribution in [2.45, 2.75) is 52.1 Å². The van der Waals surface area contributed by atoms with Gasteiger partial charge >= 0.3 is 0 Å². The molecule has 0 aromatic carbocycles. The Hall–Kier alpha value is -0.0400. The third-order valence-corrected chi connectivity index (χ3v) is 4.92. The zero-order chi connectivity index (χ0) is 9.27. The van der Waals surface area contributed by atoms with Crippen LogP contribution in [0, 0.1) is 22.7 Å². The van der Waals surface area contributed by atoms with Crippen LogP contribution in [0.2, 0.25) is 0 Å². The van der Waals surface area contributed by atoms with Crippen LogP contribution in [-0.4, -0.2) is 11.2 Å². The second kappa shape index (κ2) is 2.13. The smallest absolute Gasteiger partial charge is 0.0622 e. The van der Waals surface area contributed by atoms with E-state index < -0.39 is 0 Å². The molecule has 0 radical (unpaired) electrons. The van der Waals surface area contributed by atoms with E-state index in [1.54, 1.807) is 0 Å². The first kappa shape index (κ1) is 8.28. The maximum atomic E-state index is 10.2. The summed E-state index contributed by atoms with van der Waals surface area (Å²) in [5, 5.41) is 10.2. The number of aliphatic hydroxyl groups is 1. The van der Waals surface area contributed by atoms with Gasteiger partial charge < -0.3 is 5.11 Å². The third-order valence-electron chi connectivity index (χ3n) is 4.92. The Labute approximate surface area is 80.5 Å². The lowest BCUT2D eigenvalue weighted by molar-refractivity contribution is -0.176. The number of rotatable bonds is 0. The number of aliphatic hydroxyl groups excluding tert-OH is 1. The van der Waals surface area contributed by atoms with Crippen molar-refractivity contribution in [2.24, 2.45) is 22.7 Å². The monoisotopic (exact) mass is 180 g/mol. The highest BCUT2D eigenvalue weighted by Gasteiger charge is 2.58. The van der Waals surface area contributed by atoms with Crippen LogP contribution < -0.4 is 0 Å². The van der Waals surface area contributed by atoms with E-state index >= 15 is 0 Å². The van der Waals surface area contributed by atoms with Crippen LogP contribution in [0.4, 0.5) is 0 Å². The first-order chi connectivity index (χ1) is 6.01. The molecule has 0 amide bonds. The summed E-state index contributed by atoms with van der Waals surface area (Å²) in [6, 6.07) is 0. The quantitative estimate of drug-likeness (QED) is 0.607. The average molecular weight is 180 g/mol. The molecule has 4 bridgehead atoms. The maximum absolute atomic E-state index is 10.2. The molecule has 1 nitrogen and oxygen atoms in total. The summed E-state index contributed by atoms with van der Waals surface area (Å²) >= 11 is 0. The highest BCUT2D eigenvalue weighted by molar-refractivity contribution is 5.08. The fourth-order valence-corrected chi connectivity index (χ4v) is 5.05. The lowest BCUT2D eigenvalue weighted by atomic mass is 9.44. The van der Waals surface area contributed by atoms with Gasteiger partial charge in [0.2, 0.25) is 0 Å². The molecule has 0 saturated heterocycles. The topological polar surface area (TPSA) is 20.2 Å². The first-order valence-corrected chi connectivity index (χ1v) is 5.69. The molecule has 1 unspecified atom stereocenters. The van der Waals surface area contributed by atoms with E-state index in [-0.39, 0.29) is 11.5 Å². The van der Waals surface area contributed by atoms with Crippen LogP contribution in [0.1, 0.15) is 46.0 Å². The van der Waals surface area contributed by atoms with Crippen molar-refractivity contribution < 1.29 is 5.11 Å². The van der Waals surface area contributed by atoms with E-state index in [1.165, 1.54) is 32.1 Å². The van der Waals surface area contributed by atoms with Crippen LogP contribution in [0.25, 0.3) is 0 Å². The van der Waals surface area contributed by atoms with Gasteiger partial charge in [-0.05, 0) is 54.8 Å². The molecule has 0 aliphatic heterocycles. The zero-order valence-electron chi connectivity index (χ0n) is 8.71. The molecule has 4 aliphatic carbocycles. The second-order valence-corrected chi connectivity index (χ2v) is 6.56. The van der Waals surface area contributed by atoms with Crippen molar-refractivity contribution in [1.29, 1.82) is 0 Å². The predicted molar refractivity (Wildman–Crippen MR) is 52.3 cm³/mol. The van der Waals surface area contributed by atoms with Crippen LogP contribution >= 0.6 is 0 Å². The molecule has 4 rings (SSSR count). The molecule has 4 fully saturated rings. The summed E-state index contributed by atoms with van der Waals surface area (Å²) in [6.07, 6.45) is 6.62. The zero-order valence-corrected chi connectivity index (χ0v) is 8.71. The molecule has 4 aliphatic rings. The van der Waals surface area contributed by atoms with E-state index in [0.29, 0.717) is 11.3 Å². The van der Waals surface area contributed by atoms with E-state index in [2.05, 4.69) is 13.8 Å². The molecule has 1 heteroatoms. The van der Waals surface area contributed by atoms with Gasteiger partial charge in [-0.3, -0.25) is 0 Å². The van der Waals surface area contributed by atoms with E-state index in [1.807, 2.05) is 0 Å². The molecule has 13 heavy (non-hydrogen) atoms. The maximum Gasteiger partial charge on any atom is 0.0622 e. The Balaban J connectivity index is 2.01. The highest BCUT2D eigenvalue weighted by atomic mass is 16.3. The van der Waals surface area contributed by atoms with Gasteiger partial charge in [0.1, 0.15) is 0 Å². The minimum atomic E-state index is 0.0112. The summed E-state index contributed by atoms with van der Waals surface area (Å²) < 4.78 is 0. The van der Waals surface area contributed by atoms with E-state index in [4.69, 9.17) is 0 Å². The summed E-state index contributed by atoms with van der Waals surface area (Å²) in [6.45, 7) is 4.75. The first-order valence-electron chi connectivity index (χ1n) is 5.69. The van der Waals surface area contributed by atoms with Gasteiger partial charge in [0.05, 0.1) is 6.10 Å². The van der Waals surface area contributed by atoms with E-state index in [9.17, 15) is 5.11 Å². The SMILES string of the molecule is C[C@]12C[C@H]3C[C@@H](C1)C(O)[C@@](C)(C3)C2. The van der Waals surface area contributed by atoms with Gasteiger partial charge in [-0.1, -0.05) is 13.8 Å². The van der Waals surface area contributed by atoms with Crippen molar-refractivity contribution in [2.75, 3.05) is 0 Å². The molecule has 74 valence electrons. The Morgan fingerprint density at radius 2 is 1.92 bits per heavy atom. The van der Waals surface area contributed by atoms with Crippen LogP contribution in [0.15, 0.2) is 0 Å². The van der Waals surface area contributed by atoms with Crippen molar-refractivity contribution in [3.63, 3.8) is 0 Å². The third kappa shape index (κ3) is 0.971. The normalized spacial score (nSPS) is 64.4. The van der Waals surface area contributed by atoms with Crippen LogP contribution in [-0.2, 0) is 0 Å². The molecule has 4 saturated carbocycles. The minimum Gasteiger partial charge on any atom is -0.392 e. The molecular weight excluding hydrogens is 160 g/mol. The lowest BCUT2D eigenvalue weighted by Crippen LogP contribution is -2.57. The van der Waals surface area contributed by atoms with Gasteiger partial charge in [-0.15, -0.1) is 0 Å². The Bertz CT molecular complexity index is 250. The summed E-state index contributed by atoms with van der Waals surface area (Å²) in [7, 11) is 0. The Kier molecular flexibility index (Phi) is 1.36. The van der Waals surface area contributed by atoms with Crippen LogP contribution in [0.5, 0.6) is 0 Å². The molecular formula is C12H20O. The molecule has 5 atom stereocenters. The van der Waals surface area contributed by atoms with E-state index in [0.717, 1.165) is 5.92 Å². The van der Waals surface area contributed by atoms with Gasteiger partial charge in [0.15, 0.2) is 0 Å². The number of hydrogen-bond acceptors (Lipinski definition) is 1. The Morgan fingerprint density at radius 3 is 2.54 bits per heavy atom. The van der Waals surface area contributed by atoms with Crippen molar-refractivity contribution in [1.82, 2.24) is 0 Å². The molecule has 0 aromatic rings. The van der Waals surface area contributed by atoms with Gasteiger partial charge in [-0.25, -0.2) is 0 Å². The van der Waals surface area contributed by atoms with Gasteiger partial charge in [-0.2, -0.15) is 0 Å². The second-order valence-electron chi connectivity index (χ2n) is 6.56. The van der Waals surface area contributed by atoms with Gasteiger partial charge in [0.25, 0.3) is 0 Å². The summed E-state index contributed by atoms with van der Waals surface area (Å²) in [5.41, 5.74) is 0.860. The lowest BCUT2D eigenvalue weighted by Gasteiger charge is -2.62. The summed E-state index contributed by atoms with van der Waals surface area (Å²) in [5.74, 6) is 1.57. The largest absolute Gasteiger partial charge is 0.392 e. The molecule has 0 aromatic heterocycles. The average Bonchev–Trinajstić information content (AvgIpc) is 1.96. The molecule has 0 heterocycles. The summed E-state index contributed by atoms with van der Waals surface area (Å²) in [4.78, 5) is 0. The Morgan fingerprint density at radius 1 is 1.15 bits per heavy atom. The van der Waals surface area contributed by atoms with Gasteiger partial charge in [0, 0.05) is 0 Å². The van der Waals surface area contributed by atoms with Crippen LogP contribution in [0.3, 0.4) is 0 Å².